The summed E-state index contributed by atoms with van der Waals surface area (Å²) < 4.78 is 5.37. The van der Waals surface area contributed by atoms with Gasteiger partial charge in [-0.15, -0.1) is 10.2 Å². The lowest BCUT2D eigenvalue weighted by atomic mass is 10.1. The van der Waals surface area contributed by atoms with Crippen LogP contribution in [0.2, 0.25) is 5.02 Å². The fourth-order valence-corrected chi connectivity index (χ4v) is 1.97. The number of hydrogen-bond donors (Lipinski definition) is 1. The highest BCUT2D eigenvalue weighted by molar-refractivity contribution is 6.31. The third-order valence-corrected chi connectivity index (χ3v) is 3.34. The van der Waals surface area contributed by atoms with E-state index >= 15 is 0 Å². The van der Waals surface area contributed by atoms with E-state index in [9.17, 15) is 4.79 Å². The Morgan fingerprint density at radius 3 is 2.81 bits per heavy atom. The van der Waals surface area contributed by atoms with Crippen molar-refractivity contribution in [2.45, 2.75) is 26.7 Å². The van der Waals surface area contributed by atoms with Crippen molar-refractivity contribution in [2.24, 2.45) is 5.92 Å². The number of nitrogens with one attached hydrogen (secondary N) is 1. The smallest absolute Gasteiger partial charge is 0.308 e. The molecule has 1 heterocycles. The molecule has 6 heteroatoms. The van der Waals surface area contributed by atoms with Gasteiger partial charge in [0.2, 0.25) is 5.89 Å². The third-order valence-electron chi connectivity index (χ3n) is 2.97. The molecule has 21 heavy (non-hydrogen) atoms. The van der Waals surface area contributed by atoms with Crippen molar-refractivity contribution in [2.75, 3.05) is 6.54 Å². The van der Waals surface area contributed by atoms with E-state index in [0.717, 1.165) is 12.0 Å². The number of rotatable bonds is 6. The molecule has 0 aliphatic rings. The standard InChI is InChI=1S/C15H18ClN3O2/c1-10(2)7-8-17-14(20)15-19-18-13(21-15)9-11-5-3-4-6-12(11)16/h3-6,10H,7-9H2,1-2H3,(H,17,20). The molecule has 0 saturated carbocycles. The van der Waals surface area contributed by atoms with Crippen LogP contribution in [0.1, 0.15) is 42.4 Å². The zero-order chi connectivity index (χ0) is 15.2. The van der Waals surface area contributed by atoms with Gasteiger partial charge in [-0.3, -0.25) is 4.79 Å². The molecule has 0 unspecified atom stereocenters. The highest BCUT2D eigenvalue weighted by Gasteiger charge is 2.15. The maximum atomic E-state index is 11.8. The predicted molar refractivity (Wildman–Crippen MR) is 80.3 cm³/mol. The molecule has 1 aromatic carbocycles. The van der Waals surface area contributed by atoms with E-state index in [4.69, 9.17) is 16.0 Å². The fourth-order valence-electron chi connectivity index (χ4n) is 1.77. The van der Waals surface area contributed by atoms with Gasteiger partial charge < -0.3 is 9.73 Å². The summed E-state index contributed by atoms with van der Waals surface area (Å²) in [6.07, 6.45) is 1.32. The quantitative estimate of drug-likeness (QED) is 0.890. The van der Waals surface area contributed by atoms with E-state index in [1.165, 1.54) is 0 Å². The van der Waals surface area contributed by atoms with E-state index in [1.807, 2.05) is 18.2 Å². The molecule has 5 nitrogen and oxygen atoms in total. The first-order valence-electron chi connectivity index (χ1n) is 6.90. The summed E-state index contributed by atoms with van der Waals surface area (Å²) >= 11 is 6.07. The Balaban J connectivity index is 1.95. The van der Waals surface area contributed by atoms with Crippen LogP contribution in [-0.4, -0.2) is 22.6 Å². The Labute approximate surface area is 128 Å². The van der Waals surface area contributed by atoms with Crippen LogP contribution in [0.15, 0.2) is 28.7 Å². The molecule has 112 valence electrons. The van der Waals surface area contributed by atoms with Gasteiger partial charge >= 0.3 is 11.8 Å². The summed E-state index contributed by atoms with van der Waals surface area (Å²) in [5, 5.41) is 11.0. The summed E-state index contributed by atoms with van der Waals surface area (Å²) in [7, 11) is 0. The van der Waals surface area contributed by atoms with Gasteiger partial charge in [0.15, 0.2) is 0 Å². The van der Waals surface area contributed by atoms with Crippen molar-refractivity contribution in [1.82, 2.24) is 15.5 Å². The second kappa shape index (κ2) is 7.22. The first-order valence-corrected chi connectivity index (χ1v) is 7.28. The molecule has 1 N–H and O–H groups in total. The van der Waals surface area contributed by atoms with Crippen LogP contribution in [0.3, 0.4) is 0 Å². The summed E-state index contributed by atoms with van der Waals surface area (Å²) in [6.45, 7) is 4.79. The maximum Gasteiger partial charge on any atom is 0.308 e. The van der Waals surface area contributed by atoms with Gasteiger partial charge in [-0.1, -0.05) is 43.6 Å². The molecule has 2 aromatic rings. The van der Waals surface area contributed by atoms with Crippen LogP contribution in [0.4, 0.5) is 0 Å². The molecular weight excluding hydrogens is 290 g/mol. The Morgan fingerprint density at radius 2 is 2.10 bits per heavy atom. The van der Waals surface area contributed by atoms with Crippen molar-refractivity contribution >= 4 is 17.5 Å². The second-order valence-electron chi connectivity index (χ2n) is 5.21. The van der Waals surface area contributed by atoms with Gasteiger partial charge in [-0.2, -0.15) is 0 Å². The van der Waals surface area contributed by atoms with E-state index in [0.29, 0.717) is 29.8 Å². The summed E-state index contributed by atoms with van der Waals surface area (Å²) in [5.41, 5.74) is 0.884. The predicted octanol–water partition coefficient (Wildman–Crippen LogP) is 3.09. The second-order valence-corrected chi connectivity index (χ2v) is 5.61. The van der Waals surface area contributed by atoms with Crippen molar-refractivity contribution in [3.05, 3.63) is 46.6 Å². The number of aromatic nitrogens is 2. The lowest BCUT2D eigenvalue weighted by Crippen LogP contribution is -2.25. The van der Waals surface area contributed by atoms with E-state index in [-0.39, 0.29) is 11.8 Å². The number of nitrogens with zero attached hydrogens (tertiary/aromatic N) is 2. The van der Waals surface area contributed by atoms with Crippen LogP contribution < -0.4 is 5.32 Å². The molecule has 1 amide bonds. The maximum absolute atomic E-state index is 11.8. The topological polar surface area (TPSA) is 68.0 Å². The number of benzene rings is 1. The Hall–Kier alpha value is -1.88. The summed E-state index contributed by atoms with van der Waals surface area (Å²) in [4.78, 5) is 11.8. The molecule has 2 rings (SSSR count). The zero-order valence-corrected chi connectivity index (χ0v) is 12.9. The van der Waals surface area contributed by atoms with Crippen molar-refractivity contribution in [3.63, 3.8) is 0 Å². The number of halogens is 1. The van der Waals surface area contributed by atoms with Crippen molar-refractivity contribution in [1.29, 1.82) is 0 Å². The lowest BCUT2D eigenvalue weighted by molar-refractivity contribution is 0.0915. The first kappa shape index (κ1) is 15.5. The van der Waals surface area contributed by atoms with Gasteiger partial charge in [0.05, 0.1) is 6.42 Å². The Bertz CT molecular complexity index is 610. The van der Waals surface area contributed by atoms with Gasteiger partial charge in [0.1, 0.15) is 0 Å². The van der Waals surface area contributed by atoms with Crippen LogP contribution in [0, 0.1) is 5.92 Å². The van der Waals surface area contributed by atoms with Crippen LogP contribution in [0.25, 0.3) is 0 Å². The summed E-state index contributed by atoms with van der Waals surface area (Å²) in [5.74, 6) is 0.551. The lowest BCUT2D eigenvalue weighted by Gasteiger charge is -2.04. The normalized spacial score (nSPS) is 10.9. The molecule has 0 bridgehead atoms. The largest absolute Gasteiger partial charge is 0.417 e. The molecule has 0 aliphatic carbocycles. The monoisotopic (exact) mass is 307 g/mol. The van der Waals surface area contributed by atoms with Crippen LogP contribution in [-0.2, 0) is 6.42 Å². The third kappa shape index (κ3) is 4.56. The molecule has 0 aliphatic heterocycles. The highest BCUT2D eigenvalue weighted by atomic mass is 35.5. The highest BCUT2D eigenvalue weighted by Crippen LogP contribution is 2.18. The minimum atomic E-state index is -0.339. The average Bonchev–Trinajstić information content (AvgIpc) is 2.89. The first-order chi connectivity index (χ1) is 10.1. The van der Waals surface area contributed by atoms with Gasteiger partial charge in [-0.25, -0.2) is 0 Å². The minimum Gasteiger partial charge on any atom is -0.417 e. The van der Waals surface area contributed by atoms with Crippen LogP contribution in [0.5, 0.6) is 0 Å². The SMILES string of the molecule is CC(C)CCNC(=O)c1nnc(Cc2ccccc2Cl)o1. The van der Waals surface area contributed by atoms with E-state index in [1.54, 1.807) is 6.07 Å². The van der Waals surface area contributed by atoms with E-state index < -0.39 is 0 Å². The average molecular weight is 308 g/mol. The molecule has 0 spiro atoms. The van der Waals surface area contributed by atoms with E-state index in [2.05, 4.69) is 29.4 Å². The molecule has 0 saturated heterocycles. The van der Waals surface area contributed by atoms with Gasteiger partial charge in [0.25, 0.3) is 0 Å². The van der Waals surface area contributed by atoms with Crippen molar-refractivity contribution in [3.8, 4) is 0 Å². The molecule has 1 aromatic heterocycles. The molecule has 0 radical (unpaired) electrons. The fraction of sp³-hybridized carbons (Fsp3) is 0.400. The molecule has 0 atom stereocenters. The number of hydrogen-bond acceptors (Lipinski definition) is 4. The zero-order valence-electron chi connectivity index (χ0n) is 12.1. The van der Waals surface area contributed by atoms with Crippen LogP contribution >= 0.6 is 11.6 Å². The number of amides is 1. The van der Waals surface area contributed by atoms with Crippen molar-refractivity contribution < 1.29 is 9.21 Å². The molecular formula is C15H18ClN3O2. The Morgan fingerprint density at radius 1 is 1.33 bits per heavy atom. The minimum absolute atomic E-state index is 0.0131. The summed E-state index contributed by atoms with van der Waals surface area (Å²) in [6, 6.07) is 7.42. The Kier molecular flexibility index (Phi) is 5.33. The number of carbonyl (C=O) groups is 1. The molecule has 0 fully saturated rings. The number of carbonyl (C=O) groups excluding carboxylic acids is 1. The van der Waals surface area contributed by atoms with Gasteiger partial charge in [-0.05, 0) is 24.0 Å². The van der Waals surface area contributed by atoms with Gasteiger partial charge in [0, 0.05) is 11.6 Å².